The van der Waals surface area contributed by atoms with Crippen LogP contribution in [0.1, 0.15) is 4.88 Å². The highest BCUT2D eigenvalue weighted by atomic mass is 35.5. The number of nitrogens with zero attached hydrogens (tertiary/aromatic N) is 1. The minimum absolute atomic E-state index is 0.763. The Morgan fingerprint density at radius 3 is 2.53 bits per heavy atom. The van der Waals surface area contributed by atoms with Crippen molar-refractivity contribution in [3.05, 3.63) is 64.5 Å². The molecule has 0 spiro atoms. The molecule has 3 aromatic rings. The Kier molecular flexibility index (Phi) is 3.49. The van der Waals surface area contributed by atoms with Crippen molar-refractivity contribution in [2.75, 3.05) is 5.43 Å². The molecule has 3 rings (SSSR count). The molecule has 0 aliphatic heterocycles. The third-order valence-electron chi connectivity index (χ3n) is 2.71. The fraction of sp³-hybridized carbons (Fsp3) is 0. The van der Waals surface area contributed by atoms with Crippen LogP contribution in [0.4, 0.5) is 5.69 Å². The standard InChI is InChI=1S/C15H11ClN2S/c16-15-12-8-4-5-9-13(12)19-14(15)10-17-18-11-6-2-1-3-7-11/h1-10,18H. The molecular weight excluding hydrogens is 276 g/mol. The van der Waals surface area contributed by atoms with Crippen LogP contribution in [0, 0.1) is 0 Å². The van der Waals surface area contributed by atoms with Gasteiger partial charge in [0.15, 0.2) is 0 Å². The van der Waals surface area contributed by atoms with Crippen molar-refractivity contribution in [1.29, 1.82) is 0 Å². The van der Waals surface area contributed by atoms with E-state index in [2.05, 4.69) is 16.6 Å². The van der Waals surface area contributed by atoms with Crippen molar-refractivity contribution in [1.82, 2.24) is 0 Å². The maximum Gasteiger partial charge on any atom is 0.0681 e. The molecule has 94 valence electrons. The van der Waals surface area contributed by atoms with Gasteiger partial charge in [0.1, 0.15) is 0 Å². The van der Waals surface area contributed by atoms with Gasteiger partial charge >= 0.3 is 0 Å². The van der Waals surface area contributed by atoms with E-state index in [0.29, 0.717) is 0 Å². The molecule has 19 heavy (non-hydrogen) atoms. The lowest BCUT2D eigenvalue weighted by molar-refractivity contribution is 1.35. The van der Waals surface area contributed by atoms with Crippen molar-refractivity contribution in [3.63, 3.8) is 0 Å². The number of hydrazone groups is 1. The van der Waals surface area contributed by atoms with Crippen LogP contribution in [0.25, 0.3) is 10.1 Å². The molecule has 1 N–H and O–H groups in total. The molecule has 0 amide bonds. The Morgan fingerprint density at radius 1 is 1.00 bits per heavy atom. The first kappa shape index (κ1) is 12.2. The molecule has 0 saturated heterocycles. The van der Waals surface area contributed by atoms with E-state index in [1.54, 1.807) is 17.6 Å². The highest BCUT2D eigenvalue weighted by molar-refractivity contribution is 7.21. The number of benzene rings is 2. The summed E-state index contributed by atoms with van der Waals surface area (Å²) in [6.07, 6.45) is 1.76. The third-order valence-corrected chi connectivity index (χ3v) is 4.33. The minimum atomic E-state index is 0.763. The van der Waals surface area contributed by atoms with E-state index in [1.165, 1.54) is 4.70 Å². The first-order chi connectivity index (χ1) is 9.34. The van der Waals surface area contributed by atoms with Crippen molar-refractivity contribution < 1.29 is 0 Å². The van der Waals surface area contributed by atoms with Gasteiger partial charge in [-0.1, -0.05) is 48.0 Å². The Labute approximate surface area is 120 Å². The van der Waals surface area contributed by atoms with Gasteiger partial charge < -0.3 is 0 Å². The quantitative estimate of drug-likeness (QED) is 0.532. The average molecular weight is 287 g/mol. The van der Waals surface area contributed by atoms with E-state index in [1.807, 2.05) is 48.5 Å². The van der Waals surface area contributed by atoms with Gasteiger partial charge in [-0.05, 0) is 18.2 Å². The van der Waals surface area contributed by atoms with Crippen molar-refractivity contribution in [2.24, 2.45) is 5.10 Å². The smallest absolute Gasteiger partial charge is 0.0681 e. The highest BCUT2D eigenvalue weighted by Gasteiger charge is 2.07. The summed E-state index contributed by atoms with van der Waals surface area (Å²) in [6, 6.07) is 17.9. The molecular formula is C15H11ClN2S. The minimum Gasteiger partial charge on any atom is -0.278 e. The summed E-state index contributed by atoms with van der Waals surface area (Å²) < 4.78 is 1.17. The second-order valence-electron chi connectivity index (χ2n) is 4.01. The lowest BCUT2D eigenvalue weighted by Crippen LogP contribution is -1.88. The predicted molar refractivity (Wildman–Crippen MR) is 84.5 cm³/mol. The van der Waals surface area contributed by atoms with E-state index < -0.39 is 0 Å². The van der Waals surface area contributed by atoms with Gasteiger partial charge in [-0.15, -0.1) is 11.3 Å². The van der Waals surface area contributed by atoms with Gasteiger partial charge in [0.2, 0.25) is 0 Å². The SMILES string of the molecule is Clc1c(C=NNc2ccccc2)sc2ccccc12. The van der Waals surface area contributed by atoms with E-state index in [9.17, 15) is 0 Å². The number of rotatable bonds is 3. The van der Waals surface area contributed by atoms with Gasteiger partial charge in [0.05, 0.1) is 21.8 Å². The maximum absolute atomic E-state index is 6.33. The lowest BCUT2D eigenvalue weighted by Gasteiger charge is -1.97. The second kappa shape index (κ2) is 5.43. The van der Waals surface area contributed by atoms with Crippen molar-refractivity contribution in [2.45, 2.75) is 0 Å². The topological polar surface area (TPSA) is 24.4 Å². The van der Waals surface area contributed by atoms with E-state index in [4.69, 9.17) is 11.6 Å². The molecule has 2 nitrogen and oxygen atoms in total. The Hall–Kier alpha value is -1.84. The molecule has 0 atom stereocenters. The number of hydrogen-bond donors (Lipinski definition) is 1. The van der Waals surface area contributed by atoms with Gasteiger partial charge in [0.25, 0.3) is 0 Å². The summed E-state index contributed by atoms with van der Waals surface area (Å²) in [5.41, 5.74) is 3.94. The largest absolute Gasteiger partial charge is 0.278 e. The maximum atomic E-state index is 6.33. The molecule has 1 aromatic heterocycles. The molecule has 0 aliphatic carbocycles. The highest BCUT2D eigenvalue weighted by Crippen LogP contribution is 2.33. The Balaban J connectivity index is 1.83. The summed E-state index contributed by atoms with van der Waals surface area (Å²) in [5.74, 6) is 0. The molecule has 4 heteroatoms. The van der Waals surface area contributed by atoms with Crippen LogP contribution in [0.3, 0.4) is 0 Å². The molecule has 1 heterocycles. The average Bonchev–Trinajstić information content (AvgIpc) is 2.78. The summed E-state index contributed by atoms with van der Waals surface area (Å²) in [5, 5.41) is 6.06. The summed E-state index contributed by atoms with van der Waals surface area (Å²) in [4.78, 5) is 0.964. The number of hydrogen-bond acceptors (Lipinski definition) is 3. The van der Waals surface area contributed by atoms with Gasteiger partial charge in [-0.25, -0.2) is 0 Å². The van der Waals surface area contributed by atoms with Crippen LogP contribution in [-0.4, -0.2) is 6.21 Å². The van der Waals surface area contributed by atoms with Gasteiger partial charge in [-0.2, -0.15) is 5.10 Å². The number of fused-ring (bicyclic) bond motifs is 1. The van der Waals surface area contributed by atoms with E-state index in [0.717, 1.165) is 21.0 Å². The molecule has 0 saturated carbocycles. The first-order valence-electron chi connectivity index (χ1n) is 5.86. The zero-order valence-corrected chi connectivity index (χ0v) is 11.6. The predicted octanol–water partition coefficient (Wildman–Crippen LogP) is 5.00. The van der Waals surface area contributed by atoms with Crippen LogP contribution in [-0.2, 0) is 0 Å². The number of nitrogens with one attached hydrogen (secondary N) is 1. The van der Waals surface area contributed by atoms with Crippen molar-refractivity contribution >= 4 is 44.9 Å². The summed E-state index contributed by atoms with van der Waals surface area (Å²) >= 11 is 7.97. The normalized spacial score (nSPS) is 11.2. The zero-order valence-electron chi connectivity index (χ0n) is 10.0. The van der Waals surface area contributed by atoms with Crippen LogP contribution >= 0.6 is 22.9 Å². The molecule has 0 radical (unpaired) electrons. The first-order valence-corrected chi connectivity index (χ1v) is 7.05. The molecule has 2 aromatic carbocycles. The summed E-state index contributed by atoms with van der Waals surface area (Å²) in [7, 11) is 0. The number of anilines is 1. The number of thiophene rings is 1. The zero-order chi connectivity index (χ0) is 13.1. The molecule has 0 unspecified atom stereocenters. The fourth-order valence-corrected chi connectivity index (χ4v) is 3.15. The van der Waals surface area contributed by atoms with Gasteiger partial charge in [-0.3, -0.25) is 5.43 Å². The Morgan fingerprint density at radius 2 is 1.74 bits per heavy atom. The Bertz CT molecular complexity index is 719. The number of para-hydroxylation sites is 1. The second-order valence-corrected chi connectivity index (χ2v) is 5.47. The van der Waals surface area contributed by atoms with Crippen LogP contribution in [0.15, 0.2) is 59.7 Å². The fourth-order valence-electron chi connectivity index (χ4n) is 1.79. The van der Waals surface area contributed by atoms with Crippen LogP contribution < -0.4 is 5.43 Å². The van der Waals surface area contributed by atoms with Crippen molar-refractivity contribution in [3.8, 4) is 0 Å². The molecule has 0 bridgehead atoms. The monoisotopic (exact) mass is 286 g/mol. The molecule has 0 fully saturated rings. The van der Waals surface area contributed by atoms with E-state index >= 15 is 0 Å². The third kappa shape index (κ3) is 2.62. The molecule has 0 aliphatic rings. The van der Waals surface area contributed by atoms with Crippen LogP contribution in [0.5, 0.6) is 0 Å². The number of halogens is 1. The van der Waals surface area contributed by atoms with Crippen LogP contribution in [0.2, 0.25) is 5.02 Å². The van der Waals surface area contributed by atoms with E-state index in [-0.39, 0.29) is 0 Å². The van der Waals surface area contributed by atoms with Gasteiger partial charge in [0, 0.05) is 10.1 Å². The lowest BCUT2D eigenvalue weighted by atomic mass is 10.2. The summed E-state index contributed by atoms with van der Waals surface area (Å²) in [6.45, 7) is 0.